The first-order chi connectivity index (χ1) is 23.8. The maximum Gasteiger partial charge on any atom is 0.472 e. The highest BCUT2D eigenvalue weighted by molar-refractivity contribution is 7.47. The normalized spacial score (nSPS) is 13.3. The molecule has 0 aromatic carbocycles. The number of carbonyl (C=O) groups excluding carboxylic acids is 2. The molecule has 0 fully saturated rings. The molecular formula is C39H78NO8P. The first kappa shape index (κ1) is 48.0. The average Bonchev–Trinajstić information content (AvgIpc) is 3.09. The van der Waals surface area contributed by atoms with Crippen LogP contribution in [0.4, 0.5) is 0 Å². The van der Waals surface area contributed by atoms with Gasteiger partial charge in [0.25, 0.3) is 0 Å². The highest BCUT2D eigenvalue weighted by Crippen LogP contribution is 2.43. The minimum Gasteiger partial charge on any atom is -0.462 e. The van der Waals surface area contributed by atoms with Gasteiger partial charge in [-0.1, -0.05) is 181 Å². The Balaban J connectivity index is 3.81. The van der Waals surface area contributed by atoms with Crippen molar-refractivity contribution in [2.75, 3.05) is 26.4 Å². The summed E-state index contributed by atoms with van der Waals surface area (Å²) in [4.78, 5) is 34.3. The summed E-state index contributed by atoms with van der Waals surface area (Å²) in [5, 5.41) is 0. The Morgan fingerprint density at radius 1 is 0.531 bits per heavy atom. The Labute approximate surface area is 301 Å². The Hall–Kier alpha value is -0.990. The van der Waals surface area contributed by atoms with Gasteiger partial charge < -0.3 is 20.1 Å². The zero-order valence-corrected chi connectivity index (χ0v) is 32.8. The maximum atomic E-state index is 12.5. The molecule has 0 aliphatic rings. The van der Waals surface area contributed by atoms with E-state index in [0.717, 1.165) is 38.5 Å². The molecule has 0 aliphatic carbocycles. The van der Waals surface area contributed by atoms with E-state index < -0.39 is 32.5 Å². The van der Waals surface area contributed by atoms with E-state index in [1.54, 1.807) is 0 Å². The van der Waals surface area contributed by atoms with Crippen molar-refractivity contribution < 1.29 is 37.6 Å². The molecule has 0 bridgehead atoms. The largest absolute Gasteiger partial charge is 0.472 e. The van der Waals surface area contributed by atoms with Crippen molar-refractivity contribution in [2.24, 2.45) is 5.73 Å². The first-order valence-corrected chi connectivity index (χ1v) is 22.0. The van der Waals surface area contributed by atoms with Gasteiger partial charge >= 0.3 is 19.8 Å². The average molecular weight is 720 g/mol. The molecule has 10 heteroatoms. The number of ether oxygens (including phenoxy) is 2. The summed E-state index contributed by atoms with van der Waals surface area (Å²) < 4.78 is 32.4. The Bertz CT molecular complexity index is 784. The summed E-state index contributed by atoms with van der Waals surface area (Å²) in [5.74, 6) is -0.837. The third kappa shape index (κ3) is 36.6. The predicted octanol–water partition coefficient (Wildman–Crippen LogP) is 11.3. The highest BCUT2D eigenvalue weighted by Gasteiger charge is 2.26. The topological polar surface area (TPSA) is 134 Å². The van der Waals surface area contributed by atoms with E-state index in [1.807, 2.05) is 0 Å². The van der Waals surface area contributed by atoms with Crippen molar-refractivity contribution in [3.63, 3.8) is 0 Å². The van der Waals surface area contributed by atoms with Gasteiger partial charge in [0.1, 0.15) is 6.61 Å². The maximum absolute atomic E-state index is 12.5. The van der Waals surface area contributed by atoms with Crippen LogP contribution in [0.25, 0.3) is 0 Å². The standard InChI is InChI=1S/C39H78NO8P/c1-3-5-7-9-10-11-12-13-14-15-16-17-18-19-20-21-22-23-24-25-26-27-28-30-32-39(42)48-37(36-47-49(43,44)46-34-33-40)35-45-38(41)31-29-8-6-4-2/h37H,3-36,40H2,1-2H3,(H,43,44). The van der Waals surface area contributed by atoms with Crippen LogP contribution in [0.5, 0.6) is 0 Å². The van der Waals surface area contributed by atoms with E-state index in [2.05, 4.69) is 13.8 Å². The Kier molecular flexibility index (Phi) is 36.0. The van der Waals surface area contributed by atoms with E-state index in [9.17, 15) is 19.0 Å². The number of unbranched alkanes of at least 4 members (excludes halogenated alkanes) is 26. The van der Waals surface area contributed by atoms with Gasteiger partial charge in [-0.3, -0.25) is 18.6 Å². The molecule has 0 amide bonds. The molecule has 0 radical (unpaired) electrons. The summed E-state index contributed by atoms with van der Waals surface area (Å²) >= 11 is 0. The highest BCUT2D eigenvalue weighted by atomic mass is 31.2. The third-order valence-electron chi connectivity index (χ3n) is 8.99. The molecule has 0 aromatic rings. The lowest BCUT2D eigenvalue weighted by atomic mass is 10.0. The summed E-state index contributed by atoms with van der Waals surface area (Å²) in [6, 6.07) is 0. The summed E-state index contributed by atoms with van der Waals surface area (Å²) in [6.45, 7) is 3.62. The smallest absolute Gasteiger partial charge is 0.462 e. The first-order valence-electron chi connectivity index (χ1n) is 20.5. The van der Waals surface area contributed by atoms with Crippen LogP contribution >= 0.6 is 7.82 Å². The van der Waals surface area contributed by atoms with Gasteiger partial charge in [-0.05, 0) is 12.8 Å². The molecule has 9 nitrogen and oxygen atoms in total. The third-order valence-corrected chi connectivity index (χ3v) is 9.98. The lowest BCUT2D eigenvalue weighted by Crippen LogP contribution is -2.29. The van der Waals surface area contributed by atoms with Gasteiger partial charge in [-0.25, -0.2) is 4.57 Å². The van der Waals surface area contributed by atoms with Gasteiger partial charge in [0.2, 0.25) is 0 Å². The van der Waals surface area contributed by atoms with Gasteiger partial charge in [0, 0.05) is 19.4 Å². The van der Waals surface area contributed by atoms with Crippen molar-refractivity contribution in [1.82, 2.24) is 0 Å². The van der Waals surface area contributed by atoms with Gasteiger partial charge in [0.05, 0.1) is 13.2 Å². The van der Waals surface area contributed by atoms with Gasteiger partial charge in [-0.15, -0.1) is 0 Å². The second-order valence-electron chi connectivity index (χ2n) is 13.9. The number of carbonyl (C=O) groups is 2. The lowest BCUT2D eigenvalue weighted by Gasteiger charge is -2.19. The molecule has 0 aliphatic heterocycles. The van der Waals surface area contributed by atoms with Crippen LogP contribution in [0.1, 0.15) is 206 Å². The summed E-state index contributed by atoms with van der Waals surface area (Å²) in [5.41, 5.74) is 5.31. The molecule has 292 valence electrons. The minimum absolute atomic E-state index is 0.0571. The van der Waals surface area contributed by atoms with Crippen LogP contribution in [0.15, 0.2) is 0 Å². The zero-order chi connectivity index (χ0) is 36.1. The zero-order valence-electron chi connectivity index (χ0n) is 31.9. The monoisotopic (exact) mass is 720 g/mol. The molecule has 3 N–H and O–H groups in total. The van der Waals surface area contributed by atoms with Crippen molar-refractivity contribution >= 4 is 19.8 Å². The molecule has 0 spiro atoms. The molecule has 0 aromatic heterocycles. The number of phosphoric ester groups is 1. The summed E-state index contributed by atoms with van der Waals surface area (Å²) in [6.07, 6.45) is 35.0. The van der Waals surface area contributed by atoms with E-state index in [4.69, 9.17) is 24.3 Å². The molecule has 0 heterocycles. The molecule has 2 unspecified atom stereocenters. The van der Waals surface area contributed by atoms with Gasteiger partial charge in [-0.2, -0.15) is 0 Å². The number of rotatable bonds is 39. The number of phosphoric acid groups is 1. The Morgan fingerprint density at radius 2 is 0.878 bits per heavy atom. The SMILES string of the molecule is CCCCCCCCCCCCCCCCCCCCCCCCCCC(=O)OC(COC(=O)CCCCCC)COP(=O)(O)OCCN. The molecule has 0 saturated heterocycles. The quantitative estimate of drug-likeness (QED) is 0.0361. The van der Waals surface area contributed by atoms with E-state index >= 15 is 0 Å². The number of hydrogen-bond acceptors (Lipinski definition) is 8. The van der Waals surface area contributed by atoms with Crippen LogP contribution in [-0.2, 0) is 32.7 Å². The van der Waals surface area contributed by atoms with E-state index in [-0.39, 0.29) is 32.6 Å². The van der Waals surface area contributed by atoms with Crippen LogP contribution in [-0.4, -0.2) is 49.3 Å². The van der Waals surface area contributed by atoms with Crippen molar-refractivity contribution in [1.29, 1.82) is 0 Å². The fourth-order valence-electron chi connectivity index (χ4n) is 5.93. The van der Waals surface area contributed by atoms with E-state index in [1.165, 1.54) is 135 Å². The van der Waals surface area contributed by atoms with Crippen molar-refractivity contribution in [3.8, 4) is 0 Å². The fourth-order valence-corrected chi connectivity index (χ4v) is 6.69. The van der Waals surface area contributed by atoms with Crippen LogP contribution < -0.4 is 5.73 Å². The molecule has 0 rings (SSSR count). The fraction of sp³-hybridized carbons (Fsp3) is 0.949. The van der Waals surface area contributed by atoms with Gasteiger partial charge in [0.15, 0.2) is 6.10 Å². The van der Waals surface area contributed by atoms with Crippen LogP contribution in [0.2, 0.25) is 0 Å². The van der Waals surface area contributed by atoms with Crippen molar-refractivity contribution in [2.45, 2.75) is 213 Å². The summed E-state index contributed by atoms with van der Waals surface area (Å²) in [7, 11) is -4.35. The lowest BCUT2D eigenvalue weighted by molar-refractivity contribution is -0.161. The number of esters is 2. The van der Waals surface area contributed by atoms with Crippen LogP contribution in [0, 0.1) is 0 Å². The molecular weight excluding hydrogens is 641 g/mol. The second-order valence-corrected chi connectivity index (χ2v) is 15.3. The van der Waals surface area contributed by atoms with E-state index in [0.29, 0.717) is 6.42 Å². The predicted molar refractivity (Wildman–Crippen MR) is 201 cm³/mol. The number of nitrogens with two attached hydrogens (primary N) is 1. The van der Waals surface area contributed by atoms with Crippen LogP contribution in [0.3, 0.4) is 0 Å². The minimum atomic E-state index is -4.35. The number of hydrogen-bond donors (Lipinski definition) is 2. The second kappa shape index (κ2) is 36.8. The molecule has 0 saturated carbocycles. The molecule has 2 atom stereocenters. The Morgan fingerprint density at radius 3 is 1.27 bits per heavy atom. The van der Waals surface area contributed by atoms with Crippen molar-refractivity contribution in [3.05, 3.63) is 0 Å². The molecule has 49 heavy (non-hydrogen) atoms.